The maximum atomic E-state index is 4.00. The number of rotatable bonds is 2. The minimum absolute atomic E-state index is 1.02. The van der Waals surface area contributed by atoms with Gasteiger partial charge in [0.2, 0.25) is 0 Å². The van der Waals surface area contributed by atoms with Crippen LogP contribution in [0.3, 0.4) is 0 Å². The molecule has 3 heteroatoms. The lowest BCUT2D eigenvalue weighted by Gasteiger charge is -2.27. The molecule has 3 nitrogen and oxygen atoms in total. The Morgan fingerprint density at radius 2 is 2.23 bits per heavy atom. The number of hydrogen-bond acceptors (Lipinski definition) is 2. The first kappa shape index (κ1) is 8.51. The molecule has 1 aliphatic heterocycles. The van der Waals surface area contributed by atoms with Gasteiger partial charge in [-0.1, -0.05) is 12.2 Å². The van der Waals surface area contributed by atoms with Crippen molar-refractivity contribution >= 4 is 0 Å². The Hall–Kier alpha value is -1.09. The molecule has 0 aromatic carbocycles. The molecule has 1 aromatic rings. The van der Waals surface area contributed by atoms with Gasteiger partial charge in [0, 0.05) is 31.4 Å². The molecule has 0 saturated carbocycles. The minimum atomic E-state index is 1.02. The van der Waals surface area contributed by atoms with E-state index in [0.29, 0.717) is 0 Å². The fourth-order valence-electron chi connectivity index (χ4n) is 1.65. The van der Waals surface area contributed by atoms with Crippen molar-refractivity contribution in [2.24, 2.45) is 0 Å². The number of H-pyrrole nitrogens is 1. The number of aromatic nitrogens is 2. The molecule has 0 spiro atoms. The van der Waals surface area contributed by atoms with Crippen LogP contribution in [0, 0.1) is 0 Å². The first-order chi connectivity index (χ1) is 6.34. The molecular formula is C10H15N3. The van der Waals surface area contributed by atoms with E-state index in [1.807, 2.05) is 12.4 Å². The number of aromatic amines is 1. The summed E-state index contributed by atoms with van der Waals surface area (Å²) < 4.78 is 0. The Morgan fingerprint density at radius 1 is 1.46 bits per heavy atom. The fraction of sp³-hybridized carbons (Fsp3) is 0.500. The van der Waals surface area contributed by atoms with Gasteiger partial charge in [-0.05, 0) is 12.8 Å². The molecule has 1 N–H and O–H groups in total. The lowest BCUT2D eigenvalue weighted by molar-refractivity contribution is 0.248. The number of hydrogen-bond donors (Lipinski definition) is 1. The van der Waals surface area contributed by atoms with Crippen molar-refractivity contribution in [3.8, 4) is 0 Å². The van der Waals surface area contributed by atoms with Gasteiger partial charge in [0.05, 0.1) is 6.20 Å². The van der Waals surface area contributed by atoms with Crippen molar-refractivity contribution in [2.75, 3.05) is 13.1 Å². The van der Waals surface area contributed by atoms with Crippen LogP contribution in [-0.2, 0) is 6.54 Å². The SMILES string of the molecule is C=C1CCN(Cc2cn[nH]c2)CC1. The Balaban J connectivity index is 1.86. The quantitative estimate of drug-likeness (QED) is 0.695. The van der Waals surface area contributed by atoms with Crippen LogP contribution in [0.2, 0.25) is 0 Å². The predicted octanol–water partition coefficient (Wildman–Crippen LogP) is 1.56. The summed E-state index contributed by atoms with van der Waals surface area (Å²) >= 11 is 0. The van der Waals surface area contributed by atoms with Crippen molar-refractivity contribution in [3.05, 3.63) is 30.1 Å². The van der Waals surface area contributed by atoms with E-state index in [2.05, 4.69) is 21.7 Å². The summed E-state index contributed by atoms with van der Waals surface area (Å²) in [7, 11) is 0. The van der Waals surface area contributed by atoms with Gasteiger partial charge in [-0.15, -0.1) is 0 Å². The van der Waals surface area contributed by atoms with E-state index in [0.717, 1.165) is 32.5 Å². The maximum absolute atomic E-state index is 4.00. The maximum Gasteiger partial charge on any atom is 0.0532 e. The minimum Gasteiger partial charge on any atom is -0.298 e. The van der Waals surface area contributed by atoms with E-state index in [9.17, 15) is 0 Å². The van der Waals surface area contributed by atoms with Gasteiger partial charge in [0.25, 0.3) is 0 Å². The summed E-state index contributed by atoms with van der Waals surface area (Å²) in [6.45, 7) is 7.30. The Bertz CT molecular complexity index is 266. The summed E-state index contributed by atoms with van der Waals surface area (Å²) in [4.78, 5) is 2.44. The van der Waals surface area contributed by atoms with E-state index in [-0.39, 0.29) is 0 Å². The lowest BCUT2D eigenvalue weighted by atomic mass is 10.1. The number of likely N-dealkylation sites (tertiary alicyclic amines) is 1. The van der Waals surface area contributed by atoms with Crippen LogP contribution in [0.4, 0.5) is 0 Å². The van der Waals surface area contributed by atoms with Gasteiger partial charge in [0.1, 0.15) is 0 Å². The Labute approximate surface area is 78.4 Å². The zero-order valence-corrected chi connectivity index (χ0v) is 7.79. The highest BCUT2D eigenvalue weighted by molar-refractivity contribution is 5.04. The summed E-state index contributed by atoms with van der Waals surface area (Å²) in [5.41, 5.74) is 2.66. The normalized spacial score (nSPS) is 19.2. The molecule has 0 aliphatic carbocycles. The summed E-state index contributed by atoms with van der Waals surface area (Å²) in [5.74, 6) is 0. The summed E-state index contributed by atoms with van der Waals surface area (Å²) in [6.07, 6.45) is 6.16. The van der Waals surface area contributed by atoms with E-state index in [4.69, 9.17) is 0 Å². The van der Waals surface area contributed by atoms with Crippen molar-refractivity contribution < 1.29 is 0 Å². The second kappa shape index (κ2) is 3.75. The van der Waals surface area contributed by atoms with Crippen molar-refractivity contribution in [2.45, 2.75) is 19.4 Å². The summed E-state index contributed by atoms with van der Waals surface area (Å²) in [5, 5.41) is 6.77. The number of piperidine rings is 1. The first-order valence-corrected chi connectivity index (χ1v) is 4.71. The molecule has 2 rings (SSSR count). The molecule has 13 heavy (non-hydrogen) atoms. The van der Waals surface area contributed by atoms with Gasteiger partial charge in [-0.3, -0.25) is 10.00 Å². The Kier molecular flexibility index (Phi) is 2.45. The average Bonchev–Trinajstić information content (AvgIpc) is 2.62. The summed E-state index contributed by atoms with van der Waals surface area (Å²) in [6, 6.07) is 0. The van der Waals surface area contributed by atoms with Gasteiger partial charge < -0.3 is 0 Å². The van der Waals surface area contributed by atoms with E-state index in [1.54, 1.807) is 0 Å². The lowest BCUT2D eigenvalue weighted by Crippen LogP contribution is -2.29. The highest BCUT2D eigenvalue weighted by atomic mass is 15.1. The van der Waals surface area contributed by atoms with Crippen molar-refractivity contribution in [1.29, 1.82) is 0 Å². The van der Waals surface area contributed by atoms with Crippen molar-refractivity contribution in [1.82, 2.24) is 15.1 Å². The van der Waals surface area contributed by atoms with E-state index < -0.39 is 0 Å². The molecule has 0 amide bonds. The monoisotopic (exact) mass is 177 g/mol. The molecule has 1 aliphatic rings. The first-order valence-electron chi connectivity index (χ1n) is 4.71. The standard InChI is InChI=1S/C10H15N3/c1-9-2-4-13(5-3-9)8-10-6-11-12-7-10/h6-7H,1-5,8H2,(H,11,12). The molecule has 0 atom stereocenters. The zero-order chi connectivity index (χ0) is 9.10. The van der Waals surface area contributed by atoms with Crippen LogP contribution in [0.25, 0.3) is 0 Å². The average molecular weight is 177 g/mol. The van der Waals surface area contributed by atoms with Crippen LogP contribution in [0.15, 0.2) is 24.5 Å². The number of nitrogens with one attached hydrogen (secondary N) is 1. The smallest absolute Gasteiger partial charge is 0.0532 e. The molecule has 70 valence electrons. The van der Waals surface area contributed by atoms with Gasteiger partial charge in [-0.25, -0.2) is 0 Å². The highest BCUT2D eigenvalue weighted by Gasteiger charge is 2.12. The third-order valence-corrected chi connectivity index (χ3v) is 2.52. The molecule has 0 unspecified atom stereocenters. The Morgan fingerprint density at radius 3 is 2.85 bits per heavy atom. The third kappa shape index (κ3) is 2.18. The third-order valence-electron chi connectivity index (χ3n) is 2.52. The second-order valence-electron chi connectivity index (χ2n) is 3.63. The van der Waals surface area contributed by atoms with Crippen LogP contribution in [-0.4, -0.2) is 28.2 Å². The molecular weight excluding hydrogens is 162 g/mol. The van der Waals surface area contributed by atoms with E-state index in [1.165, 1.54) is 11.1 Å². The molecule has 2 heterocycles. The van der Waals surface area contributed by atoms with Gasteiger partial charge in [0.15, 0.2) is 0 Å². The molecule has 1 aromatic heterocycles. The van der Waals surface area contributed by atoms with Gasteiger partial charge in [-0.2, -0.15) is 5.10 Å². The second-order valence-corrected chi connectivity index (χ2v) is 3.63. The van der Waals surface area contributed by atoms with Gasteiger partial charge >= 0.3 is 0 Å². The topological polar surface area (TPSA) is 31.9 Å². The molecule has 1 fully saturated rings. The fourth-order valence-corrected chi connectivity index (χ4v) is 1.65. The van der Waals surface area contributed by atoms with Crippen LogP contribution in [0.1, 0.15) is 18.4 Å². The highest BCUT2D eigenvalue weighted by Crippen LogP contribution is 2.15. The van der Waals surface area contributed by atoms with Crippen molar-refractivity contribution in [3.63, 3.8) is 0 Å². The zero-order valence-electron chi connectivity index (χ0n) is 7.79. The van der Waals surface area contributed by atoms with Crippen LogP contribution < -0.4 is 0 Å². The number of nitrogens with zero attached hydrogens (tertiary/aromatic N) is 2. The van der Waals surface area contributed by atoms with Crippen LogP contribution >= 0.6 is 0 Å². The van der Waals surface area contributed by atoms with E-state index >= 15 is 0 Å². The largest absolute Gasteiger partial charge is 0.298 e. The predicted molar refractivity (Wildman–Crippen MR) is 52.2 cm³/mol. The molecule has 1 saturated heterocycles. The molecule has 0 bridgehead atoms. The van der Waals surface area contributed by atoms with Crippen LogP contribution in [0.5, 0.6) is 0 Å². The molecule has 0 radical (unpaired) electrons.